The highest BCUT2D eigenvalue weighted by Gasteiger charge is 2.18. The Morgan fingerprint density at radius 3 is 2.52 bits per heavy atom. The van der Waals surface area contributed by atoms with Crippen LogP contribution in [0.25, 0.3) is 0 Å². The fourth-order valence-electron chi connectivity index (χ4n) is 2.48. The summed E-state index contributed by atoms with van der Waals surface area (Å²) in [6.45, 7) is 5.92. The molecular weight excluding hydrogens is 294 g/mol. The average Bonchev–Trinajstić information content (AvgIpc) is 2.93. The zero-order valence-corrected chi connectivity index (χ0v) is 13.4. The van der Waals surface area contributed by atoms with E-state index in [0.29, 0.717) is 22.9 Å². The predicted molar refractivity (Wildman–Crippen MR) is 87.2 cm³/mol. The number of hydrogen-bond acceptors (Lipinski definition) is 4. The van der Waals surface area contributed by atoms with Gasteiger partial charge in [0.25, 0.3) is 5.91 Å². The Kier molecular flexibility index (Phi) is 4.10. The SMILES string of the molecule is Cc1cc(C)cc(OC(C)C(=O)Nc2ccc3c(c2)OCO3)c1. The van der Waals surface area contributed by atoms with Crippen molar-refractivity contribution >= 4 is 11.6 Å². The lowest BCUT2D eigenvalue weighted by molar-refractivity contribution is -0.122. The van der Waals surface area contributed by atoms with Crippen LogP contribution in [0.15, 0.2) is 36.4 Å². The molecule has 2 aromatic rings. The highest BCUT2D eigenvalue weighted by atomic mass is 16.7. The number of carbonyl (C=O) groups excluding carboxylic acids is 1. The molecule has 1 unspecified atom stereocenters. The number of ether oxygens (including phenoxy) is 3. The van der Waals surface area contributed by atoms with Crippen molar-refractivity contribution in [2.24, 2.45) is 0 Å². The standard InChI is InChI=1S/C18H19NO4/c1-11-6-12(2)8-15(7-11)23-13(3)18(20)19-14-4-5-16-17(9-14)22-10-21-16/h4-9,13H,10H2,1-3H3,(H,19,20). The molecule has 1 heterocycles. The van der Waals surface area contributed by atoms with Gasteiger partial charge < -0.3 is 19.5 Å². The van der Waals surface area contributed by atoms with Crippen molar-refractivity contribution in [1.29, 1.82) is 0 Å². The Morgan fingerprint density at radius 1 is 1.09 bits per heavy atom. The van der Waals surface area contributed by atoms with Crippen LogP contribution in [0.5, 0.6) is 17.2 Å². The van der Waals surface area contributed by atoms with E-state index in [4.69, 9.17) is 14.2 Å². The van der Waals surface area contributed by atoms with E-state index in [-0.39, 0.29) is 12.7 Å². The molecule has 1 aliphatic rings. The first-order valence-electron chi connectivity index (χ1n) is 7.47. The average molecular weight is 313 g/mol. The van der Waals surface area contributed by atoms with Crippen LogP contribution in [0.4, 0.5) is 5.69 Å². The molecule has 1 amide bonds. The Hall–Kier alpha value is -2.69. The summed E-state index contributed by atoms with van der Waals surface area (Å²) in [4.78, 5) is 12.3. The first-order valence-corrected chi connectivity index (χ1v) is 7.47. The maximum atomic E-state index is 12.3. The zero-order valence-electron chi connectivity index (χ0n) is 13.4. The molecule has 120 valence electrons. The number of aryl methyl sites for hydroxylation is 2. The molecule has 0 bridgehead atoms. The minimum absolute atomic E-state index is 0.207. The summed E-state index contributed by atoms with van der Waals surface area (Å²) in [6.07, 6.45) is -0.610. The quantitative estimate of drug-likeness (QED) is 0.939. The Balaban J connectivity index is 1.65. The molecule has 5 heteroatoms. The smallest absolute Gasteiger partial charge is 0.265 e. The number of hydrogen-bond donors (Lipinski definition) is 1. The van der Waals surface area contributed by atoms with Crippen LogP contribution in [-0.2, 0) is 4.79 Å². The summed E-state index contributed by atoms with van der Waals surface area (Å²) in [5, 5.41) is 2.82. The Bertz CT molecular complexity index is 722. The number of benzene rings is 2. The van der Waals surface area contributed by atoms with Gasteiger partial charge in [0.15, 0.2) is 17.6 Å². The van der Waals surface area contributed by atoms with E-state index in [2.05, 4.69) is 11.4 Å². The largest absolute Gasteiger partial charge is 0.481 e. The molecule has 0 aromatic heterocycles. The second-order valence-corrected chi connectivity index (χ2v) is 5.64. The zero-order chi connectivity index (χ0) is 16.4. The molecule has 0 saturated heterocycles. The van der Waals surface area contributed by atoms with Crippen molar-refractivity contribution in [3.05, 3.63) is 47.5 Å². The summed E-state index contributed by atoms with van der Waals surface area (Å²) < 4.78 is 16.3. The normalized spacial score (nSPS) is 13.5. The minimum Gasteiger partial charge on any atom is -0.481 e. The third-order valence-electron chi connectivity index (χ3n) is 3.52. The van der Waals surface area contributed by atoms with Gasteiger partial charge in [-0.15, -0.1) is 0 Å². The Labute approximate surface area is 135 Å². The summed E-state index contributed by atoms with van der Waals surface area (Å²) in [6, 6.07) is 11.2. The fraction of sp³-hybridized carbons (Fsp3) is 0.278. The number of carbonyl (C=O) groups is 1. The molecule has 1 aliphatic heterocycles. The van der Waals surface area contributed by atoms with Gasteiger partial charge >= 0.3 is 0 Å². The van der Waals surface area contributed by atoms with Crippen molar-refractivity contribution in [3.63, 3.8) is 0 Å². The summed E-state index contributed by atoms with van der Waals surface area (Å²) in [5.41, 5.74) is 2.85. The Morgan fingerprint density at radius 2 is 1.78 bits per heavy atom. The van der Waals surface area contributed by atoms with Crippen molar-refractivity contribution in [1.82, 2.24) is 0 Å². The maximum Gasteiger partial charge on any atom is 0.265 e. The van der Waals surface area contributed by atoms with Gasteiger partial charge in [0.1, 0.15) is 5.75 Å². The van der Waals surface area contributed by atoms with Gasteiger partial charge in [-0.25, -0.2) is 0 Å². The lowest BCUT2D eigenvalue weighted by atomic mass is 10.1. The van der Waals surface area contributed by atoms with E-state index in [9.17, 15) is 4.79 Å². The van der Waals surface area contributed by atoms with Gasteiger partial charge in [-0.05, 0) is 56.2 Å². The van der Waals surface area contributed by atoms with Gasteiger partial charge in [-0.2, -0.15) is 0 Å². The summed E-state index contributed by atoms with van der Waals surface area (Å²) in [7, 11) is 0. The first-order chi connectivity index (χ1) is 11.0. The third kappa shape index (κ3) is 3.56. The highest BCUT2D eigenvalue weighted by Crippen LogP contribution is 2.34. The highest BCUT2D eigenvalue weighted by molar-refractivity contribution is 5.94. The van der Waals surface area contributed by atoms with Gasteiger partial charge in [-0.1, -0.05) is 6.07 Å². The molecule has 0 spiro atoms. The number of rotatable bonds is 4. The summed E-state index contributed by atoms with van der Waals surface area (Å²) >= 11 is 0. The van der Waals surface area contributed by atoms with E-state index < -0.39 is 6.10 Å². The minimum atomic E-state index is -0.610. The topological polar surface area (TPSA) is 56.8 Å². The van der Waals surface area contributed by atoms with Crippen LogP contribution < -0.4 is 19.5 Å². The van der Waals surface area contributed by atoms with Crippen molar-refractivity contribution in [3.8, 4) is 17.2 Å². The third-order valence-corrected chi connectivity index (χ3v) is 3.52. The van der Waals surface area contributed by atoms with Crippen LogP contribution in [0.1, 0.15) is 18.1 Å². The van der Waals surface area contributed by atoms with Crippen LogP contribution in [0, 0.1) is 13.8 Å². The molecule has 1 atom stereocenters. The second-order valence-electron chi connectivity index (χ2n) is 5.64. The molecular formula is C18H19NO4. The van der Waals surface area contributed by atoms with Gasteiger partial charge in [-0.3, -0.25) is 4.79 Å². The van der Waals surface area contributed by atoms with Crippen molar-refractivity contribution in [2.75, 3.05) is 12.1 Å². The maximum absolute atomic E-state index is 12.3. The van der Waals surface area contributed by atoms with E-state index in [1.807, 2.05) is 26.0 Å². The van der Waals surface area contributed by atoms with Crippen LogP contribution in [-0.4, -0.2) is 18.8 Å². The number of amides is 1. The van der Waals surface area contributed by atoms with E-state index in [1.165, 1.54) is 0 Å². The fourth-order valence-corrected chi connectivity index (χ4v) is 2.48. The molecule has 3 rings (SSSR count). The number of fused-ring (bicyclic) bond motifs is 1. The molecule has 0 saturated carbocycles. The van der Waals surface area contributed by atoms with E-state index in [1.54, 1.807) is 25.1 Å². The lowest BCUT2D eigenvalue weighted by Gasteiger charge is -2.16. The molecule has 0 fully saturated rings. The summed E-state index contributed by atoms with van der Waals surface area (Å²) in [5.74, 6) is 1.78. The molecule has 5 nitrogen and oxygen atoms in total. The van der Waals surface area contributed by atoms with Crippen molar-refractivity contribution in [2.45, 2.75) is 26.9 Å². The molecule has 0 aliphatic carbocycles. The molecule has 23 heavy (non-hydrogen) atoms. The number of anilines is 1. The van der Waals surface area contributed by atoms with E-state index >= 15 is 0 Å². The monoisotopic (exact) mass is 313 g/mol. The van der Waals surface area contributed by atoms with Gasteiger partial charge in [0.2, 0.25) is 6.79 Å². The molecule has 0 radical (unpaired) electrons. The van der Waals surface area contributed by atoms with E-state index in [0.717, 1.165) is 11.1 Å². The molecule has 2 aromatic carbocycles. The van der Waals surface area contributed by atoms with Crippen LogP contribution in [0.3, 0.4) is 0 Å². The first kappa shape index (κ1) is 15.2. The predicted octanol–water partition coefficient (Wildman–Crippen LogP) is 3.44. The number of nitrogens with one attached hydrogen (secondary N) is 1. The second kappa shape index (κ2) is 6.20. The molecule has 1 N–H and O–H groups in total. The van der Waals surface area contributed by atoms with Gasteiger partial charge in [0.05, 0.1) is 0 Å². The van der Waals surface area contributed by atoms with Gasteiger partial charge in [0, 0.05) is 11.8 Å². The van der Waals surface area contributed by atoms with Crippen LogP contribution >= 0.6 is 0 Å². The van der Waals surface area contributed by atoms with Crippen LogP contribution in [0.2, 0.25) is 0 Å². The lowest BCUT2D eigenvalue weighted by Crippen LogP contribution is -2.30. The van der Waals surface area contributed by atoms with Crippen molar-refractivity contribution < 1.29 is 19.0 Å².